The van der Waals surface area contributed by atoms with Crippen LogP contribution in [0.25, 0.3) is 0 Å². The van der Waals surface area contributed by atoms with Crippen molar-refractivity contribution in [2.24, 2.45) is 0 Å². The Morgan fingerprint density at radius 2 is 1.84 bits per heavy atom. The van der Waals surface area contributed by atoms with Crippen molar-refractivity contribution in [1.82, 2.24) is 15.3 Å². The van der Waals surface area contributed by atoms with Gasteiger partial charge in [-0.15, -0.1) is 0 Å². The summed E-state index contributed by atoms with van der Waals surface area (Å²) in [6.07, 6.45) is -2.64. The van der Waals surface area contributed by atoms with Crippen LogP contribution in [0, 0.1) is 0 Å². The smallest absolute Gasteiger partial charge is 0.456 e. The van der Waals surface area contributed by atoms with Gasteiger partial charge in [-0.25, -0.2) is 4.98 Å². The van der Waals surface area contributed by atoms with Gasteiger partial charge in [-0.3, -0.25) is 14.6 Å². The van der Waals surface area contributed by atoms with Gasteiger partial charge in [0.05, 0.1) is 11.6 Å². The van der Waals surface area contributed by atoms with Crippen LogP contribution in [0.2, 0.25) is 0 Å². The van der Waals surface area contributed by atoms with Crippen LogP contribution < -0.4 is 10.1 Å². The summed E-state index contributed by atoms with van der Waals surface area (Å²) in [6, 6.07) is 5.14. The van der Waals surface area contributed by atoms with Crippen LogP contribution in [0.15, 0.2) is 36.7 Å². The molecule has 0 saturated heterocycles. The van der Waals surface area contributed by atoms with Crippen LogP contribution >= 0.6 is 0 Å². The zero-order valence-electron chi connectivity index (χ0n) is 16.7. The number of Topliss-reactive ketones (excluding diaryl/α,β-unsaturated/α-hetero) is 1. The quantitative estimate of drug-likeness (QED) is 0.589. The first-order valence-corrected chi connectivity index (χ1v) is 9.23. The first-order chi connectivity index (χ1) is 14.4. The van der Waals surface area contributed by atoms with Crippen LogP contribution in [0.5, 0.6) is 5.88 Å². The fraction of sp³-hybridized carbons (Fsp3) is 0.400. The minimum atomic E-state index is -5.74. The molecule has 0 bridgehead atoms. The standard InChI is InChI=1S/C20H20F5N3O3/c1-3-16(29)9-15-8-13(6-7-26-15)12(2)28-18(30)14-4-5-17(27-10-14)31-11-19(21,22)20(23,24)25/h4-8,10,12H,3,9,11H2,1-2H3,(H,28,30). The number of halogens is 5. The average Bonchev–Trinajstić information content (AvgIpc) is 2.71. The van der Waals surface area contributed by atoms with Crippen LogP contribution in [-0.2, 0) is 11.2 Å². The van der Waals surface area contributed by atoms with Gasteiger partial charge >= 0.3 is 12.1 Å². The second-order valence-electron chi connectivity index (χ2n) is 6.72. The molecule has 0 radical (unpaired) electrons. The summed E-state index contributed by atoms with van der Waals surface area (Å²) in [5.41, 5.74) is 1.34. The van der Waals surface area contributed by atoms with Crippen molar-refractivity contribution < 1.29 is 36.3 Å². The molecule has 0 aliphatic rings. The van der Waals surface area contributed by atoms with E-state index in [1.807, 2.05) is 0 Å². The molecule has 168 valence electrons. The number of ether oxygens (including phenoxy) is 1. The van der Waals surface area contributed by atoms with Gasteiger partial charge in [0.1, 0.15) is 5.78 Å². The predicted octanol–water partition coefficient (Wildman–Crippen LogP) is 4.07. The molecule has 0 aromatic carbocycles. The lowest BCUT2D eigenvalue weighted by Gasteiger charge is -2.19. The summed E-state index contributed by atoms with van der Waals surface area (Å²) in [5.74, 6) is -6.02. The molecule has 0 spiro atoms. The van der Waals surface area contributed by atoms with Crippen LogP contribution in [0.1, 0.15) is 47.9 Å². The molecule has 11 heteroatoms. The monoisotopic (exact) mass is 445 g/mol. The number of alkyl halides is 5. The van der Waals surface area contributed by atoms with Gasteiger partial charge in [0.2, 0.25) is 5.88 Å². The normalized spacial score (nSPS) is 12.9. The number of nitrogens with one attached hydrogen (secondary N) is 1. The van der Waals surface area contributed by atoms with Crippen molar-refractivity contribution in [2.75, 3.05) is 6.61 Å². The fourth-order valence-corrected chi connectivity index (χ4v) is 2.40. The first kappa shape index (κ1) is 24.2. The molecule has 0 saturated carbocycles. The predicted molar refractivity (Wildman–Crippen MR) is 99.9 cm³/mol. The maximum absolute atomic E-state index is 12.9. The second-order valence-corrected chi connectivity index (χ2v) is 6.72. The van der Waals surface area contributed by atoms with E-state index in [1.165, 1.54) is 12.3 Å². The number of hydrogen-bond donors (Lipinski definition) is 1. The molecule has 0 aliphatic heterocycles. The maximum atomic E-state index is 12.9. The van der Waals surface area contributed by atoms with Gasteiger partial charge < -0.3 is 10.1 Å². The number of hydrogen-bond acceptors (Lipinski definition) is 5. The van der Waals surface area contributed by atoms with E-state index in [0.717, 1.165) is 12.3 Å². The molecule has 2 rings (SSSR count). The van der Waals surface area contributed by atoms with Crippen LogP contribution in [0.3, 0.4) is 0 Å². The van der Waals surface area contributed by atoms with Crippen molar-refractivity contribution in [3.63, 3.8) is 0 Å². The lowest BCUT2D eigenvalue weighted by molar-refractivity contribution is -0.290. The van der Waals surface area contributed by atoms with Crippen molar-refractivity contribution in [2.45, 2.75) is 44.8 Å². The van der Waals surface area contributed by atoms with E-state index in [4.69, 9.17) is 0 Å². The van der Waals surface area contributed by atoms with E-state index < -0.39 is 36.5 Å². The molecule has 1 amide bonds. The molecule has 1 unspecified atom stereocenters. The summed E-state index contributed by atoms with van der Waals surface area (Å²) in [6.45, 7) is 1.54. The van der Waals surface area contributed by atoms with Crippen molar-refractivity contribution in [3.05, 3.63) is 53.5 Å². The van der Waals surface area contributed by atoms with Gasteiger partial charge in [0.15, 0.2) is 6.61 Å². The van der Waals surface area contributed by atoms with E-state index in [-0.39, 0.29) is 17.8 Å². The Hall–Kier alpha value is -3.11. The van der Waals surface area contributed by atoms with Gasteiger partial charge in [0, 0.05) is 37.0 Å². The molecule has 0 aliphatic carbocycles. The van der Waals surface area contributed by atoms with Crippen molar-refractivity contribution in [1.29, 1.82) is 0 Å². The Bertz CT molecular complexity index is 917. The number of aromatic nitrogens is 2. The Balaban J connectivity index is 1.98. The minimum Gasteiger partial charge on any atom is -0.471 e. The molecule has 31 heavy (non-hydrogen) atoms. The highest BCUT2D eigenvalue weighted by Crippen LogP contribution is 2.35. The number of pyridine rings is 2. The van der Waals surface area contributed by atoms with Crippen molar-refractivity contribution in [3.8, 4) is 5.88 Å². The number of rotatable bonds is 9. The van der Waals surface area contributed by atoms with E-state index in [0.29, 0.717) is 17.7 Å². The summed E-state index contributed by atoms with van der Waals surface area (Å²) in [5, 5.41) is 2.70. The van der Waals surface area contributed by atoms with Crippen LogP contribution in [0.4, 0.5) is 22.0 Å². The molecular formula is C20H20F5N3O3. The molecule has 1 N–H and O–H groups in total. The van der Waals surface area contributed by atoms with E-state index in [2.05, 4.69) is 20.0 Å². The Morgan fingerprint density at radius 1 is 1.13 bits per heavy atom. The highest BCUT2D eigenvalue weighted by Gasteiger charge is 2.58. The number of carbonyl (C=O) groups excluding carboxylic acids is 2. The minimum absolute atomic E-state index is 0.0303. The lowest BCUT2D eigenvalue weighted by Crippen LogP contribution is -2.41. The van der Waals surface area contributed by atoms with Crippen LogP contribution in [-0.4, -0.2) is 40.4 Å². The molecule has 2 heterocycles. The fourth-order valence-electron chi connectivity index (χ4n) is 2.40. The molecular weight excluding hydrogens is 425 g/mol. The van der Waals surface area contributed by atoms with Gasteiger partial charge in [-0.2, -0.15) is 22.0 Å². The third-order valence-electron chi connectivity index (χ3n) is 4.28. The van der Waals surface area contributed by atoms with Gasteiger partial charge in [-0.05, 0) is 30.7 Å². The molecule has 6 nitrogen and oxygen atoms in total. The van der Waals surface area contributed by atoms with E-state index >= 15 is 0 Å². The molecule has 2 aromatic heterocycles. The highest BCUT2D eigenvalue weighted by atomic mass is 19.4. The summed E-state index contributed by atoms with van der Waals surface area (Å²) >= 11 is 0. The number of ketones is 1. The summed E-state index contributed by atoms with van der Waals surface area (Å²) in [4.78, 5) is 31.7. The first-order valence-electron chi connectivity index (χ1n) is 9.23. The topological polar surface area (TPSA) is 81.2 Å². The lowest BCUT2D eigenvalue weighted by atomic mass is 10.1. The third-order valence-corrected chi connectivity index (χ3v) is 4.28. The summed E-state index contributed by atoms with van der Waals surface area (Å²) in [7, 11) is 0. The zero-order chi connectivity index (χ0) is 23.2. The second kappa shape index (κ2) is 9.80. The molecule has 1 atom stereocenters. The number of amides is 1. The average molecular weight is 445 g/mol. The largest absolute Gasteiger partial charge is 0.471 e. The van der Waals surface area contributed by atoms with Crippen molar-refractivity contribution >= 4 is 11.7 Å². The Labute approximate surface area is 174 Å². The zero-order valence-corrected chi connectivity index (χ0v) is 16.7. The highest BCUT2D eigenvalue weighted by molar-refractivity contribution is 5.94. The Kier molecular flexibility index (Phi) is 7.64. The van der Waals surface area contributed by atoms with Gasteiger partial charge in [0.25, 0.3) is 5.91 Å². The Morgan fingerprint density at radius 3 is 2.42 bits per heavy atom. The summed E-state index contributed by atoms with van der Waals surface area (Å²) < 4.78 is 66.6. The van der Waals surface area contributed by atoms with E-state index in [1.54, 1.807) is 26.0 Å². The number of carbonyl (C=O) groups is 2. The molecule has 2 aromatic rings. The third kappa shape index (κ3) is 6.69. The number of nitrogens with zero attached hydrogens (tertiary/aromatic N) is 2. The SMILES string of the molecule is CCC(=O)Cc1cc(C(C)NC(=O)c2ccc(OCC(F)(F)C(F)(F)F)nc2)ccn1. The van der Waals surface area contributed by atoms with E-state index in [9.17, 15) is 31.5 Å². The van der Waals surface area contributed by atoms with Gasteiger partial charge in [-0.1, -0.05) is 6.92 Å². The maximum Gasteiger partial charge on any atom is 0.456 e. The molecule has 0 fully saturated rings.